The van der Waals surface area contributed by atoms with E-state index in [2.05, 4.69) is 25.1 Å². The van der Waals surface area contributed by atoms with Crippen LogP contribution in [0.5, 0.6) is 0 Å². The SMILES string of the molecule is CNC(=O)c1ccc(N2CCC(N3CC4(c5nc6c(c(=O)[nH]5)COCC6)CC3C4)CC2)cn1. The summed E-state index contributed by atoms with van der Waals surface area (Å²) in [6, 6.07) is 4.94. The lowest BCUT2D eigenvalue weighted by molar-refractivity contribution is 0.0958. The number of fused-ring (bicyclic) bond motifs is 2. The number of nitrogens with zero attached hydrogens (tertiary/aromatic N) is 4. The molecule has 6 heterocycles. The van der Waals surface area contributed by atoms with Crippen molar-refractivity contribution in [2.75, 3.05) is 38.2 Å². The van der Waals surface area contributed by atoms with Crippen molar-refractivity contribution in [1.82, 2.24) is 25.2 Å². The van der Waals surface area contributed by atoms with Crippen LogP contribution in [-0.4, -0.2) is 71.1 Å². The number of pyridine rings is 1. The molecule has 4 aliphatic heterocycles. The van der Waals surface area contributed by atoms with E-state index < -0.39 is 0 Å². The first-order valence-electron chi connectivity index (χ1n) is 12.0. The quantitative estimate of drug-likeness (QED) is 0.716. The number of H-pyrrole nitrogens is 1. The molecule has 3 saturated heterocycles. The minimum atomic E-state index is -0.162. The summed E-state index contributed by atoms with van der Waals surface area (Å²) in [6.45, 7) is 3.98. The molecule has 2 aromatic heterocycles. The summed E-state index contributed by atoms with van der Waals surface area (Å²) in [7, 11) is 1.61. The van der Waals surface area contributed by atoms with E-state index in [1.165, 1.54) is 0 Å². The van der Waals surface area contributed by atoms with Crippen molar-refractivity contribution in [3.8, 4) is 0 Å². The minimum absolute atomic E-state index is 0.00783. The predicted octanol–water partition coefficient (Wildman–Crippen LogP) is 0.982. The normalized spacial score (nSPS) is 27.2. The highest BCUT2D eigenvalue weighted by Crippen LogP contribution is 2.53. The molecule has 0 spiro atoms. The van der Waals surface area contributed by atoms with Gasteiger partial charge in [0.1, 0.15) is 11.5 Å². The number of aromatic nitrogens is 3. The smallest absolute Gasteiger partial charge is 0.269 e. The van der Waals surface area contributed by atoms with Crippen LogP contribution in [0.25, 0.3) is 0 Å². The monoisotopic (exact) mass is 450 g/mol. The Morgan fingerprint density at radius 1 is 1.24 bits per heavy atom. The van der Waals surface area contributed by atoms with Gasteiger partial charge in [-0.1, -0.05) is 0 Å². The van der Waals surface area contributed by atoms with Gasteiger partial charge in [0.15, 0.2) is 0 Å². The van der Waals surface area contributed by atoms with E-state index in [4.69, 9.17) is 9.72 Å². The summed E-state index contributed by atoms with van der Waals surface area (Å²) in [4.78, 5) is 41.7. The second-order valence-electron chi connectivity index (χ2n) is 9.86. The Morgan fingerprint density at radius 3 is 2.79 bits per heavy atom. The van der Waals surface area contributed by atoms with Gasteiger partial charge < -0.3 is 19.9 Å². The van der Waals surface area contributed by atoms with Crippen LogP contribution in [-0.2, 0) is 23.2 Å². The molecule has 2 N–H and O–H groups in total. The molecule has 9 heteroatoms. The maximum atomic E-state index is 12.6. The topological polar surface area (TPSA) is 103 Å². The molecule has 2 aromatic rings. The second-order valence-corrected chi connectivity index (χ2v) is 9.86. The van der Waals surface area contributed by atoms with Crippen molar-refractivity contribution < 1.29 is 9.53 Å². The van der Waals surface area contributed by atoms with E-state index >= 15 is 0 Å². The van der Waals surface area contributed by atoms with E-state index in [0.29, 0.717) is 36.6 Å². The average molecular weight is 451 g/mol. The molecule has 33 heavy (non-hydrogen) atoms. The molecule has 7 rings (SSSR count). The van der Waals surface area contributed by atoms with Crippen molar-refractivity contribution >= 4 is 11.6 Å². The van der Waals surface area contributed by atoms with Crippen LogP contribution in [0, 0.1) is 0 Å². The highest BCUT2D eigenvalue weighted by Gasteiger charge is 2.59. The van der Waals surface area contributed by atoms with Crippen LogP contribution < -0.4 is 15.8 Å². The van der Waals surface area contributed by atoms with Gasteiger partial charge in [0, 0.05) is 50.6 Å². The molecule has 0 radical (unpaired) electrons. The van der Waals surface area contributed by atoms with Crippen LogP contribution in [0.1, 0.15) is 53.3 Å². The van der Waals surface area contributed by atoms with Gasteiger partial charge >= 0.3 is 0 Å². The lowest BCUT2D eigenvalue weighted by atomic mass is 9.69. The molecule has 1 amide bonds. The fourth-order valence-corrected chi connectivity index (χ4v) is 6.17. The molecule has 174 valence electrons. The van der Waals surface area contributed by atoms with E-state index in [-0.39, 0.29) is 16.9 Å². The zero-order valence-electron chi connectivity index (χ0n) is 19.0. The third kappa shape index (κ3) is 3.45. The van der Waals surface area contributed by atoms with E-state index in [9.17, 15) is 9.59 Å². The molecule has 0 aromatic carbocycles. The third-order valence-electron chi connectivity index (χ3n) is 8.05. The Hall–Kier alpha value is -2.78. The van der Waals surface area contributed by atoms with E-state index in [1.807, 2.05) is 6.07 Å². The van der Waals surface area contributed by atoms with Gasteiger partial charge in [-0.3, -0.25) is 14.5 Å². The van der Waals surface area contributed by atoms with Gasteiger partial charge in [-0.2, -0.15) is 0 Å². The van der Waals surface area contributed by atoms with Gasteiger partial charge in [-0.15, -0.1) is 0 Å². The molecule has 1 saturated carbocycles. The Kier molecular flexibility index (Phi) is 4.99. The number of carbonyl (C=O) groups is 1. The second kappa shape index (κ2) is 7.92. The van der Waals surface area contributed by atoms with Crippen molar-refractivity contribution in [2.24, 2.45) is 0 Å². The third-order valence-corrected chi connectivity index (χ3v) is 8.05. The first-order chi connectivity index (χ1) is 16.1. The van der Waals surface area contributed by atoms with Crippen LogP contribution in [0.3, 0.4) is 0 Å². The van der Waals surface area contributed by atoms with Gasteiger partial charge in [-0.25, -0.2) is 9.97 Å². The van der Waals surface area contributed by atoms with Crippen molar-refractivity contribution in [3.05, 3.63) is 51.5 Å². The zero-order chi connectivity index (χ0) is 22.6. The summed E-state index contributed by atoms with van der Waals surface area (Å²) < 4.78 is 5.44. The number of piperidine rings is 1. The Balaban J connectivity index is 1.11. The Bertz CT molecular complexity index is 1120. The number of nitrogens with one attached hydrogen (secondary N) is 2. The Labute approximate surface area is 192 Å². The van der Waals surface area contributed by atoms with Crippen LogP contribution in [0.4, 0.5) is 5.69 Å². The summed E-state index contributed by atoms with van der Waals surface area (Å²) in [5, 5.41) is 2.61. The minimum Gasteiger partial charge on any atom is -0.376 e. The molecule has 1 aliphatic carbocycles. The van der Waals surface area contributed by atoms with Crippen LogP contribution in [0.2, 0.25) is 0 Å². The van der Waals surface area contributed by atoms with Crippen LogP contribution in [0.15, 0.2) is 23.1 Å². The molecule has 9 nitrogen and oxygen atoms in total. The largest absolute Gasteiger partial charge is 0.376 e. The van der Waals surface area contributed by atoms with Crippen LogP contribution >= 0.6 is 0 Å². The number of aromatic amines is 1. The predicted molar refractivity (Wildman–Crippen MR) is 122 cm³/mol. The molecule has 0 atom stereocenters. The van der Waals surface area contributed by atoms with Gasteiger partial charge in [0.05, 0.1) is 36.4 Å². The number of amides is 1. The van der Waals surface area contributed by atoms with Crippen molar-refractivity contribution in [2.45, 2.75) is 56.2 Å². The van der Waals surface area contributed by atoms with Gasteiger partial charge in [-0.05, 0) is 37.8 Å². The summed E-state index contributed by atoms with van der Waals surface area (Å²) >= 11 is 0. The summed E-state index contributed by atoms with van der Waals surface area (Å²) in [5.41, 5.74) is 3.14. The molecule has 2 bridgehead atoms. The molecule has 0 unspecified atom stereocenters. The fraction of sp³-hybridized carbons (Fsp3) is 0.583. The molecule has 5 aliphatic rings. The first kappa shape index (κ1) is 20.8. The summed E-state index contributed by atoms with van der Waals surface area (Å²) in [6.07, 6.45) is 6.93. The number of anilines is 1. The van der Waals surface area contributed by atoms with Gasteiger partial charge in [0.2, 0.25) is 0 Å². The van der Waals surface area contributed by atoms with E-state index in [1.54, 1.807) is 19.3 Å². The van der Waals surface area contributed by atoms with Crippen molar-refractivity contribution in [1.29, 1.82) is 0 Å². The standard InChI is InChI=1S/C24H30N6O3/c1-25-22(32)20-3-2-16(12-26-20)29-7-4-15(5-8-29)30-14-24(10-17(30)11-24)23-27-19-6-9-33-13-18(19)21(31)28-23/h2-3,12,15,17H,4-11,13-14H2,1H3,(H,25,32)(H,27,28,31). The maximum Gasteiger partial charge on any atom is 0.269 e. The van der Waals surface area contributed by atoms with Gasteiger partial charge in [0.25, 0.3) is 11.5 Å². The molecular formula is C24H30N6O3. The number of hydrogen-bond donors (Lipinski definition) is 2. The summed E-state index contributed by atoms with van der Waals surface area (Å²) in [5.74, 6) is 0.733. The number of rotatable bonds is 4. The van der Waals surface area contributed by atoms with Crippen molar-refractivity contribution in [3.63, 3.8) is 0 Å². The lowest BCUT2D eigenvalue weighted by Gasteiger charge is -2.40. The number of ether oxygens (including phenoxy) is 1. The molecular weight excluding hydrogens is 420 g/mol. The number of hydrogen-bond acceptors (Lipinski definition) is 7. The first-order valence-corrected chi connectivity index (χ1v) is 12.0. The highest BCUT2D eigenvalue weighted by atomic mass is 16.5. The number of carbonyl (C=O) groups excluding carboxylic acids is 1. The highest BCUT2D eigenvalue weighted by molar-refractivity contribution is 5.92. The lowest BCUT2D eigenvalue weighted by Crippen LogP contribution is -2.46. The average Bonchev–Trinajstić information content (AvgIpc) is 3.41. The molecule has 4 fully saturated rings. The Morgan fingerprint density at radius 2 is 2.06 bits per heavy atom. The maximum absolute atomic E-state index is 12.6. The van der Waals surface area contributed by atoms with E-state index in [0.717, 1.165) is 68.9 Å². The zero-order valence-corrected chi connectivity index (χ0v) is 19.0. The fourth-order valence-electron chi connectivity index (χ4n) is 6.17.